The van der Waals surface area contributed by atoms with Gasteiger partial charge in [0.1, 0.15) is 43.4 Å². The number of esters is 7. The van der Waals surface area contributed by atoms with E-state index in [1.165, 1.54) is 0 Å². The van der Waals surface area contributed by atoms with Crippen molar-refractivity contribution in [2.24, 2.45) is 5.92 Å². The normalized spacial score (nSPS) is 21.0. The van der Waals surface area contributed by atoms with Gasteiger partial charge >= 0.3 is 41.8 Å². The standard InChI is InChI=1S/C77H136O18/c1-9-17-25-33-41-49-60(78)57-61-71(90-66(81)52-44-36-28-20-12-4)72(62(58-86-64(79)50-42-34-26-18-10-2)88-76(61)94-70(85)56-48-40-32-24-16-8)95-77-75(93-69(84)55-47-39-31-23-15-7)74(92-68(83)54-46-38-30-22-14-6)73(91-67(82)53-45-37-29-21-13-5)63(89-77)59-87-65(80)51-43-35-27-19-11-3/h61-63,71-77H,9-59H2,1-8H3/t61-,62-,63-,71-,72-,73-,74+,75-,76-,77-/m1/s1. The van der Waals surface area contributed by atoms with Crippen LogP contribution in [0.25, 0.3) is 0 Å². The molecule has 0 aromatic heterocycles. The van der Waals surface area contributed by atoms with Crippen molar-refractivity contribution in [3.63, 3.8) is 0 Å². The molecule has 2 fully saturated rings. The van der Waals surface area contributed by atoms with Crippen LogP contribution >= 0.6 is 0 Å². The molecule has 0 spiro atoms. The lowest BCUT2D eigenvalue weighted by Gasteiger charge is -2.49. The van der Waals surface area contributed by atoms with Crippen molar-refractivity contribution in [3.8, 4) is 0 Å². The summed E-state index contributed by atoms with van der Waals surface area (Å²) in [5.74, 6) is -5.61. The zero-order valence-electron chi connectivity index (χ0n) is 61.2. The SMILES string of the molecule is CCCCCCCC(=O)C[C@H]1[C@@H](OC(=O)CCCCCCC)O[C@H](COC(=O)CCCCCCC)[C@@H](O[C@H]2O[C@H](COC(=O)CCCCCCC)[C@@H](OC(=O)CCCCCCC)[C@H](OC(=O)CCCCCCC)[C@H]2OC(=O)CCCCCCC)[C@@H]1OC(=O)CCCCCCC. The van der Waals surface area contributed by atoms with Gasteiger partial charge in [0.25, 0.3) is 0 Å². The van der Waals surface area contributed by atoms with E-state index in [0.29, 0.717) is 51.4 Å². The monoisotopic (exact) mass is 1350 g/mol. The van der Waals surface area contributed by atoms with E-state index in [2.05, 4.69) is 55.4 Å². The summed E-state index contributed by atoms with van der Waals surface area (Å²) in [6.45, 7) is 15.9. The Balaban J connectivity index is 3.13. The Bertz CT molecular complexity index is 2010. The Hall–Kier alpha value is -4.16. The minimum atomic E-state index is -1.79. The van der Waals surface area contributed by atoms with Crippen LogP contribution in [0.1, 0.15) is 370 Å². The number of unbranched alkanes of at least 4 members (excludes halogenated alkanes) is 32. The summed E-state index contributed by atoms with van der Waals surface area (Å²) in [6, 6.07) is 0. The van der Waals surface area contributed by atoms with Crippen molar-refractivity contribution in [2.75, 3.05) is 13.2 Å². The summed E-state index contributed by atoms with van der Waals surface area (Å²) < 4.78 is 65.5. The van der Waals surface area contributed by atoms with Crippen molar-refractivity contribution < 1.29 is 85.7 Å². The summed E-state index contributed by atoms with van der Waals surface area (Å²) in [7, 11) is 0. The molecule has 2 aliphatic heterocycles. The first kappa shape index (κ1) is 86.9. The highest BCUT2D eigenvalue weighted by Gasteiger charge is 2.58. The lowest BCUT2D eigenvalue weighted by atomic mass is 9.85. The maximum absolute atomic E-state index is 14.7. The van der Waals surface area contributed by atoms with Crippen LogP contribution in [0.3, 0.4) is 0 Å². The van der Waals surface area contributed by atoms with Crippen LogP contribution in [-0.4, -0.2) is 116 Å². The van der Waals surface area contributed by atoms with E-state index < -0.39 is 116 Å². The van der Waals surface area contributed by atoms with Crippen LogP contribution < -0.4 is 0 Å². The van der Waals surface area contributed by atoms with Crippen LogP contribution in [0.4, 0.5) is 0 Å². The molecule has 2 aliphatic rings. The number of ether oxygens (including phenoxy) is 10. The van der Waals surface area contributed by atoms with Crippen LogP contribution in [0.5, 0.6) is 0 Å². The van der Waals surface area contributed by atoms with Gasteiger partial charge in [0.05, 0.1) is 5.92 Å². The third-order valence-corrected chi connectivity index (χ3v) is 18.2. The van der Waals surface area contributed by atoms with Crippen molar-refractivity contribution >= 4 is 47.6 Å². The molecule has 18 heteroatoms. The molecule has 0 saturated carbocycles. The van der Waals surface area contributed by atoms with Crippen LogP contribution in [0.15, 0.2) is 0 Å². The smallest absolute Gasteiger partial charge is 0.308 e. The first-order valence-corrected chi connectivity index (χ1v) is 39.0. The summed E-state index contributed by atoms with van der Waals surface area (Å²) in [5.41, 5.74) is 0. The molecule has 552 valence electrons. The summed E-state index contributed by atoms with van der Waals surface area (Å²) >= 11 is 0. The van der Waals surface area contributed by atoms with E-state index in [1.807, 2.05) is 0 Å². The van der Waals surface area contributed by atoms with E-state index in [9.17, 15) is 38.4 Å². The highest BCUT2D eigenvalue weighted by Crippen LogP contribution is 2.39. The number of Topliss-reactive ketones (excluding diaryl/α,β-unsaturated/α-hetero) is 1. The van der Waals surface area contributed by atoms with E-state index in [4.69, 9.17) is 47.4 Å². The Kier molecular flexibility index (Phi) is 52.8. The molecule has 0 amide bonds. The lowest BCUT2D eigenvalue weighted by Crippen LogP contribution is -2.66. The Labute approximate surface area is 575 Å². The van der Waals surface area contributed by atoms with Gasteiger partial charge in [0, 0.05) is 57.8 Å². The molecular weight excluding hydrogens is 1210 g/mol. The first-order chi connectivity index (χ1) is 46.2. The zero-order valence-corrected chi connectivity index (χ0v) is 61.2. The van der Waals surface area contributed by atoms with Gasteiger partial charge in [-0.2, -0.15) is 0 Å². The number of carbonyl (C=O) groups is 8. The molecule has 0 aromatic rings. The molecule has 18 nitrogen and oxygen atoms in total. The number of rotatable bonds is 61. The molecule has 2 saturated heterocycles. The Morgan fingerprint density at radius 3 is 0.863 bits per heavy atom. The molecule has 95 heavy (non-hydrogen) atoms. The summed E-state index contributed by atoms with van der Waals surface area (Å²) in [4.78, 5) is 114. The Morgan fingerprint density at radius 1 is 0.253 bits per heavy atom. The van der Waals surface area contributed by atoms with Crippen LogP contribution in [0, 0.1) is 5.92 Å². The van der Waals surface area contributed by atoms with Gasteiger partial charge in [-0.05, 0) is 51.4 Å². The fourth-order valence-corrected chi connectivity index (χ4v) is 12.3. The molecule has 0 aromatic carbocycles. The number of carbonyl (C=O) groups excluding carboxylic acids is 8. The van der Waals surface area contributed by atoms with Gasteiger partial charge in [-0.1, -0.05) is 261 Å². The maximum Gasteiger partial charge on any atom is 0.308 e. The Morgan fingerprint density at radius 2 is 0.516 bits per heavy atom. The topological polar surface area (TPSA) is 229 Å². The number of hydrogen-bond acceptors (Lipinski definition) is 18. The van der Waals surface area contributed by atoms with Crippen molar-refractivity contribution in [1.29, 1.82) is 0 Å². The van der Waals surface area contributed by atoms with Gasteiger partial charge in [-0.25, -0.2) is 0 Å². The van der Waals surface area contributed by atoms with Crippen molar-refractivity contribution in [3.05, 3.63) is 0 Å². The van der Waals surface area contributed by atoms with E-state index in [0.717, 1.165) is 205 Å². The number of hydrogen-bond donors (Lipinski definition) is 0. The van der Waals surface area contributed by atoms with Crippen molar-refractivity contribution in [2.45, 2.75) is 425 Å². The van der Waals surface area contributed by atoms with E-state index in [-0.39, 0.29) is 63.6 Å². The summed E-state index contributed by atoms with van der Waals surface area (Å²) in [6.07, 6.45) is 20.1. The second-order valence-electron chi connectivity index (χ2n) is 27.1. The molecule has 2 rings (SSSR count). The van der Waals surface area contributed by atoms with Gasteiger partial charge in [0.2, 0.25) is 6.29 Å². The minimum Gasteiger partial charge on any atom is -0.463 e. The van der Waals surface area contributed by atoms with Crippen LogP contribution in [-0.2, 0) is 85.7 Å². The number of ketones is 1. The van der Waals surface area contributed by atoms with Gasteiger partial charge in [0.15, 0.2) is 24.6 Å². The van der Waals surface area contributed by atoms with Crippen molar-refractivity contribution in [1.82, 2.24) is 0 Å². The molecule has 0 radical (unpaired) electrons. The first-order valence-electron chi connectivity index (χ1n) is 39.0. The molecule has 0 bridgehead atoms. The minimum absolute atomic E-state index is 0.00161. The fraction of sp³-hybridized carbons (Fsp3) is 0.896. The van der Waals surface area contributed by atoms with E-state index in [1.54, 1.807) is 0 Å². The molecule has 10 atom stereocenters. The predicted octanol–water partition coefficient (Wildman–Crippen LogP) is 18.6. The average Bonchev–Trinajstić information content (AvgIpc) is 0.774. The molecular formula is C77H136O18. The van der Waals surface area contributed by atoms with Gasteiger partial charge < -0.3 is 47.4 Å². The molecule has 0 unspecified atom stereocenters. The second-order valence-corrected chi connectivity index (χ2v) is 27.1. The maximum atomic E-state index is 14.7. The third kappa shape index (κ3) is 41.1. The van der Waals surface area contributed by atoms with Crippen LogP contribution in [0.2, 0.25) is 0 Å². The molecule has 2 heterocycles. The second kappa shape index (κ2) is 57.7. The van der Waals surface area contributed by atoms with Gasteiger partial charge in [-0.15, -0.1) is 0 Å². The summed E-state index contributed by atoms with van der Waals surface area (Å²) in [5, 5.41) is 0. The predicted molar refractivity (Wildman–Crippen MR) is 370 cm³/mol. The van der Waals surface area contributed by atoms with E-state index >= 15 is 0 Å². The van der Waals surface area contributed by atoms with Gasteiger partial charge in [-0.3, -0.25) is 38.4 Å². The quantitative estimate of drug-likeness (QED) is 0.0313. The zero-order chi connectivity index (χ0) is 69.5. The highest BCUT2D eigenvalue weighted by molar-refractivity contribution is 5.79. The average molecular weight is 1350 g/mol. The lowest BCUT2D eigenvalue weighted by molar-refractivity contribution is -0.353. The fourth-order valence-electron chi connectivity index (χ4n) is 12.3. The largest absolute Gasteiger partial charge is 0.463 e. The highest BCUT2D eigenvalue weighted by atomic mass is 16.8. The molecule has 0 N–H and O–H groups in total. The molecule has 0 aliphatic carbocycles. The third-order valence-electron chi connectivity index (χ3n) is 18.2.